The molecular formula is C27H24N2O5. The maximum absolute atomic E-state index is 13.1. The van der Waals surface area contributed by atoms with Crippen molar-refractivity contribution < 1.29 is 23.9 Å². The van der Waals surface area contributed by atoms with Crippen LogP contribution in [0.2, 0.25) is 0 Å². The smallest absolute Gasteiger partial charge is 0.316 e. The molecule has 3 fully saturated rings. The second-order valence-corrected chi connectivity index (χ2v) is 9.59. The van der Waals surface area contributed by atoms with Gasteiger partial charge in [0.25, 0.3) is 0 Å². The van der Waals surface area contributed by atoms with E-state index in [1.54, 1.807) is 29.2 Å². The zero-order chi connectivity index (χ0) is 23.4. The summed E-state index contributed by atoms with van der Waals surface area (Å²) in [6.07, 6.45) is 5.10. The number of nitrogens with zero attached hydrogens (tertiary/aromatic N) is 2. The number of esters is 1. The molecule has 0 aromatic heterocycles. The molecule has 0 radical (unpaired) electrons. The van der Waals surface area contributed by atoms with Gasteiger partial charge < -0.3 is 9.64 Å². The van der Waals surface area contributed by atoms with Crippen molar-refractivity contribution in [3.63, 3.8) is 0 Å². The minimum atomic E-state index is -0.559. The van der Waals surface area contributed by atoms with E-state index in [4.69, 9.17) is 4.74 Å². The summed E-state index contributed by atoms with van der Waals surface area (Å²) in [5.41, 5.74) is 1.42. The third kappa shape index (κ3) is 3.34. The van der Waals surface area contributed by atoms with Crippen molar-refractivity contribution in [3.05, 3.63) is 72.3 Å². The second kappa shape index (κ2) is 7.94. The molecule has 2 saturated heterocycles. The van der Waals surface area contributed by atoms with Gasteiger partial charge in [0.05, 0.1) is 23.4 Å². The lowest BCUT2D eigenvalue weighted by atomic mass is 9.85. The lowest BCUT2D eigenvalue weighted by Gasteiger charge is -2.18. The van der Waals surface area contributed by atoms with E-state index in [1.807, 2.05) is 30.3 Å². The van der Waals surface area contributed by atoms with Gasteiger partial charge in [-0.15, -0.1) is 0 Å². The van der Waals surface area contributed by atoms with Crippen LogP contribution >= 0.6 is 0 Å². The number of imide groups is 1. The number of carbonyl (C=O) groups excluding carboxylic acids is 4. The Balaban J connectivity index is 1.14. The van der Waals surface area contributed by atoms with Crippen molar-refractivity contribution >= 4 is 29.4 Å². The summed E-state index contributed by atoms with van der Waals surface area (Å²) in [6, 6.07) is 16.2. The molecule has 0 spiro atoms. The van der Waals surface area contributed by atoms with Crippen LogP contribution in [-0.2, 0) is 25.7 Å². The highest BCUT2D eigenvalue weighted by molar-refractivity contribution is 6.22. The first-order valence-corrected chi connectivity index (χ1v) is 11.7. The van der Waals surface area contributed by atoms with Crippen molar-refractivity contribution in [2.45, 2.75) is 19.4 Å². The fraction of sp³-hybridized carbons (Fsp3) is 0.333. The van der Waals surface area contributed by atoms with Crippen molar-refractivity contribution in [1.82, 2.24) is 4.90 Å². The molecule has 3 amide bonds. The van der Waals surface area contributed by atoms with Crippen LogP contribution in [0.15, 0.2) is 66.7 Å². The maximum atomic E-state index is 13.1. The quantitative estimate of drug-likeness (QED) is 0.299. The first-order chi connectivity index (χ1) is 16.5. The molecule has 2 bridgehead atoms. The first-order valence-electron chi connectivity index (χ1n) is 11.7. The van der Waals surface area contributed by atoms with E-state index in [0.717, 1.165) is 12.0 Å². The Morgan fingerprint density at radius 1 is 0.912 bits per heavy atom. The van der Waals surface area contributed by atoms with Gasteiger partial charge in [0, 0.05) is 25.6 Å². The number of likely N-dealkylation sites (tertiary alicyclic amines) is 1. The zero-order valence-corrected chi connectivity index (χ0v) is 18.5. The van der Waals surface area contributed by atoms with Gasteiger partial charge in [-0.2, -0.15) is 0 Å². The Kier molecular flexibility index (Phi) is 4.86. The highest BCUT2D eigenvalue weighted by atomic mass is 16.5. The van der Waals surface area contributed by atoms with Gasteiger partial charge in [-0.25, -0.2) is 4.90 Å². The number of rotatable bonds is 5. The minimum Gasteiger partial charge on any atom is -0.426 e. The van der Waals surface area contributed by atoms with E-state index in [-0.39, 0.29) is 53.6 Å². The summed E-state index contributed by atoms with van der Waals surface area (Å²) in [5.74, 6) is -1.51. The number of hydrogen-bond donors (Lipinski definition) is 0. The van der Waals surface area contributed by atoms with Crippen LogP contribution in [0, 0.1) is 29.6 Å². The summed E-state index contributed by atoms with van der Waals surface area (Å²) >= 11 is 0. The topological polar surface area (TPSA) is 84.0 Å². The summed E-state index contributed by atoms with van der Waals surface area (Å²) in [6.45, 7) is 0.756. The monoisotopic (exact) mass is 456 g/mol. The van der Waals surface area contributed by atoms with Crippen LogP contribution in [0.5, 0.6) is 5.75 Å². The number of anilines is 1. The van der Waals surface area contributed by atoms with Crippen molar-refractivity contribution in [2.24, 2.45) is 29.6 Å². The normalized spacial score (nSPS) is 29.3. The number of allylic oxidation sites excluding steroid dienone is 2. The predicted octanol–water partition coefficient (Wildman–Crippen LogP) is 2.95. The van der Waals surface area contributed by atoms with Crippen LogP contribution in [0.25, 0.3) is 0 Å². The van der Waals surface area contributed by atoms with Gasteiger partial charge in [0.2, 0.25) is 17.7 Å². The third-order valence-corrected chi connectivity index (χ3v) is 7.53. The lowest BCUT2D eigenvalue weighted by Crippen LogP contribution is -2.32. The zero-order valence-electron chi connectivity index (χ0n) is 18.5. The molecule has 34 heavy (non-hydrogen) atoms. The van der Waals surface area contributed by atoms with E-state index in [1.165, 1.54) is 4.90 Å². The number of benzene rings is 2. The van der Waals surface area contributed by atoms with Crippen molar-refractivity contribution in [3.8, 4) is 5.75 Å². The average molecular weight is 456 g/mol. The van der Waals surface area contributed by atoms with Gasteiger partial charge in [0.1, 0.15) is 5.75 Å². The molecule has 2 aromatic carbocycles. The van der Waals surface area contributed by atoms with Gasteiger partial charge in [-0.1, -0.05) is 48.6 Å². The summed E-state index contributed by atoms with van der Waals surface area (Å²) in [4.78, 5) is 54.3. The fourth-order valence-electron chi connectivity index (χ4n) is 5.93. The number of hydrogen-bond acceptors (Lipinski definition) is 5. The van der Waals surface area contributed by atoms with E-state index in [9.17, 15) is 19.2 Å². The molecule has 7 nitrogen and oxygen atoms in total. The molecule has 2 aliphatic carbocycles. The number of amides is 3. The van der Waals surface area contributed by atoms with Gasteiger partial charge >= 0.3 is 5.97 Å². The van der Waals surface area contributed by atoms with Crippen LogP contribution in [0.4, 0.5) is 5.69 Å². The van der Waals surface area contributed by atoms with Crippen LogP contribution < -0.4 is 9.64 Å². The van der Waals surface area contributed by atoms with Gasteiger partial charge in [-0.05, 0) is 36.0 Å². The lowest BCUT2D eigenvalue weighted by molar-refractivity contribution is -0.139. The highest BCUT2D eigenvalue weighted by Gasteiger charge is 2.59. The third-order valence-electron chi connectivity index (χ3n) is 7.53. The van der Waals surface area contributed by atoms with E-state index in [2.05, 4.69) is 12.2 Å². The maximum Gasteiger partial charge on any atom is 0.316 e. The SMILES string of the molecule is O=C(Oc1cccc(N2C(=O)[C@@H]3[C@H](C2=O)[C@H]2C=C[C@H]3C2)c1)[C@H]1CC(=O)N(Cc2ccccc2)C1. The average Bonchev–Trinajstić information content (AvgIpc) is 3.59. The van der Waals surface area contributed by atoms with Crippen LogP contribution in [-0.4, -0.2) is 35.1 Å². The molecule has 6 rings (SSSR count). The Morgan fingerprint density at radius 3 is 2.32 bits per heavy atom. The molecule has 4 aliphatic rings. The molecular weight excluding hydrogens is 432 g/mol. The van der Waals surface area contributed by atoms with Gasteiger partial charge in [-0.3, -0.25) is 19.2 Å². The molecule has 1 saturated carbocycles. The fourth-order valence-corrected chi connectivity index (χ4v) is 5.93. The molecule has 0 unspecified atom stereocenters. The van der Waals surface area contributed by atoms with Crippen LogP contribution in [0.3, 0.4) is 0 Å². The Hall–Kier alpha value is -3.74. The Morgan fingerprint density at radius 2 is 1.62 bits per heavy atom. The number of ether oxygens (including phenoxy) is 1. The molecule has 7 heteroatoms. The second-order valence-electron chi connectivity index (χ2n) is 9.59. The van der Waals surface area contributed by atoms with Crippen molar-refractivity contribution in [2.75, 3.05) is 11.4 Å². The Bertz CT molecular complexity index is 1190. The Labute approximate surface area is 197 Å². The predicted molar refractivity (Wildman–Crippen MR) is 122 cm³/mol. The number of carbonyl (C=O) groups is 4. The van der Waals surface area contributed by atoms with E-state index in [0.29, 0.717) is 18.8 Å². The molecule has 0 N–H and O–H groups in total. The van der Waals surface area contributed by atoms with E-state index >= 15 is 0 Å². The van der Waals surface area contributed by atoms with Crippen molar-refractivity contribution in [1.29, 1.82) is 0 Å². The van der Waals surface area contributed by atoms with E-state index < -0.39 is 11.9 Å². The number of fused-ring (bicyclic) bond motifs is 5. The standard InChI is InChI=1S/C27H24N2O5/c30-22-12-19(15-28(22)14-16-5-2-1-3-6-16)27(33)34-21-8-4-7-20(13-21)29-25(31)23-17-9-10-18(11-17)24(23)26(29)32/h1-10,13,17-19,23-24H,11-12,14-15H2/t17-,18-,19-,23-,24+/m0/s1. The summed E-state index contributed by atoms with van der Waals surface area (Å²) in [5, 5.41) is 0. The molecule has 5 atom stereocenters. The highest BCUT2D eigenvalue weighted by Crippen LogP contribution is 2.53. The summed E-state index contributed by atoms with van der Waals surface area (Å²) in [7, 11) is 0. The van der Waals surface area contributed by atoms with Crippen LogP contribution in [0.1, 0.15) is 18.4 Å². The molecule has 2 aromatic rings. The summed E-state index contributed by atoms with van der Waals surface area (Å²) < 4.78 is 5.59. The largest absolute Gasteiger partial charge is 0.426 e. The molecule has 172 valence electrons. The first kappa shape index (κ1) is 20.8. The van der Waals surface area contributed by atoms with Gasteiger partial charge in [0.15, 0.2) is 0 Å². The molecule has 2 heterocycles. The minimum absolute atomic E-state index is 0.0809. The molecule has 2 aliphatic heterocycles.